The summed E-state index contributed by atoms with van der Waals surface area (Å²) in [6.45, 7) is 4.25. The standard InChI is InChI=1S/C4H11NO.C3H9NO/c1-4(6)3-5-2;1-2-3(4)5/h4-6H,3H2,1-2H3;3,5H,2,4H2,1H3. The van der Waals surface area contributed by atoms with Crippen molar-refractivity contribution in [3.05, 3.63) is 0 Å². The van der Waals surface area contributed by atoms with Crippen LogP contribution in [0.15, 0.2) is 0 Å². The first-order valence-electron chi connectivity index (χ1n) is 3.80. The zero-order valence-corrected chi connectivity index (χ0v) is 7.54. The normalized spacial score (nSPS) is 14.7. The van der Waals surface area contributed by atoms with Gasteiger partial charge in [-0.1, -0.05) is 6.92 Å². The van der Waals surface area contributed by atoms with E-state index in [4.69, 9.17) is 15.9 Å². The molecule has 0 aromatic heterocycles. The average molecular weight is 164 g/mol. The summed E-state index contributed by atoms with van der Waals surface area (Å²) in [5.41, 5.74) is 4.85. The SMILES string of the molecule is CCC(N)O.CNCC(C)O. The van der Waals surface area contributed by atoms with Gasteiger partial charge in [0.15, 0.2) is 0 Å². The molecule has 0 saturated carbocycles. The van der Waals surface area contributed by atoms with Gasteiger partial charge in [0.05, 0.1) is 6.10 Å². The number of hydrogen-bond acceptors (Lipinski definition) is 4. The van der Waals surface area contributed by atoms with Gasteiger partial charge in [0.1, 0.15) is 6.23 Å². The third-order valence-electron chi connectivity index (χ3n) is 0.918. The Hall–Kier alpha value is -0.160. The molecule has 0 aromatic rings. The monoisotopic (exact) mass is 164 g/mol. The van der Waals surface area contributed by atoms with Crippen molar-refractivity contribution in [1.29, 1.82) is 0 Å². The number of nitrogens with one attached hydrogen (secondary N) is 1. The van der Waals surface area contributed by atoms with Crippen LogP contribution in [0.3, 0.4) is 0 Å². The molecule has 0 rings (SSSR count). The van der Waals surface area contributed by atoms with Crippen LogP contribution in [0.5, 0.6) is 0 Å². The lowest BCUT2D eigenvalue weighted by Gasteiger charge is -1.97. The van der Waals surface area contributed by atoms with Crippen LogP contribution in [0.2, 0.25) is 0 Å². The molecular weight excluding hydrogens is 144 g/mol. The average Bonchev–Trinajstić information content (AvgIpc) is 1.89. The van der Waals surface area contributed by atoms with E-state index >= 15 is 0 Å². The molecule has 0 fully saturated rings. The fourth-order valence-electron chi connectivity index (χ4n) is 0.295. The molecule has 0 aliphatic carbocycles. The Morgan fingerprint density at radius 2 is 1.82 bits per heavy atom. The molecule has 0 radical (unpaired) electrons. The van der Waals surface area contributed by atoms with Crippen molar-refractivity contribution in [2.24, 2.45) is 5.73 Å². The summed E-state index contributed by atoms with van der Waals surface area (Å²) in [7, 11) is 1.81. The van der Waals surface area contributed by atoms with Crippen LogP contribution in [-0.4, -0.2) is 36.1 Å². The van der Waals surface area contributed by atoms with Gasteiger partial charge in [0.2, 0.25) is 0 Å². The Morgan fingerprint density at radius 1 is 1.45 bits per heavy atom. The van der Waals surface area contributed by atoms with Crippen LogP contribution in [-0.2, 0) is 0 Å². The van der Waals surface area contributed by atoms with Crippen molar-refractivity contribution >= 4 is 0 Å². The Kier molecular flexibility index (Phi) is 12.0. The molecule has 0 saturated heterocycles. The molecule has 11 heavy (non-hydrogen) atoms. The zero-order chi connectivity index (χ0) is 9.28. The van der Waals surface area contributed by atoms with Gasteiger partial charge in [-0.15, -0.1) is 0 Å². The van der Waals surface area contributed by atoms with E-state index in [1.165, 1.54) is 0 Å². The van der Waals surface area contributed by atoms with E-state index in [2.05, 4.69) is 5.32 Å². The third kappa shape index (κ3) is 25.8. The van der Waals surface area contributed by atoms with Gasteiger partial charge in [-0.05, 0) is 20.4 Å². The number of nitrogens with two attached hydrogens (primary N) is 1. The number of aliphatic hydroxyl groups excluding tert-OH is 2. The summed E-state index contributed by atoms with van der Waals surface area (Å²) in [5, 5.41) is 19.4. The lowest BCUT2D eigenvalue weighted by atomic mass is 10.4. The first-order chi connectivity index (χ1) is 5.04. The predicted molar refractivity (Wildman–Crippen MR) is 46.1 cm³/mol. The molecule has 0 amide bonds. The lowest BCUT2D eigenvalue weighted by molar-refractivity contribution is 0.178. The van der Waals surface area contributed by atoms with Gasteiger partial charge in [-0.25, -0.2) is 0 Å². The fourth-order valence-corrected chi connectivity index (χ4v) is 0.295. The minimum atomic E-state index is -0.616. The molecule has 2 unspecified atom stereocenters. The highest BCUT2D eigenvalue weighted by Crippen LogP contribution is 1.72. The van der Waals surface area contributed by atoms with Gasteiger partial charge < -0.3 is 21.3 Å². The van der Waals surface area contributed by atoms with Gasteiger partial charge in [0.25, 0.3) is 0 Å². The van der Waals surface area contributed by atoms with Gasteiger partial charge in [0, 0.05) is 6.54 Å². The Labute approximate surface area is 68.4 Å². The molecule has 4 heteroatoms. The van der Waals surface area contributed by atoms with Crippen molar-refractivity contribution < 1.29 is 10.2 Å². The molecule has 0 aromatic carbocycles. The van der Waals surface area contributed by atoms with E-state index in [0.717, 1.165) is 0 Å². The molecule has 0 heterocycles. The number of aliphatic hydroxyl groups is 2. The van der Waals surface area contributed by atoms with Crippen LogP contribution in [0, 0.1) is 0 Å². The Balaban J connectivity index is 0. The second kappa shape index (κ2) is 9.84. The summed E-state index contributed by atoms with van der Waals surface area (Å²) >= 11 is 0. The smallest absolute Gasteiger partial charge is 0.102 e. The molecular formula is C7H20N2O2. The van der Waals surface area contributed by atoms with E-state index in [9.17, 15) is 0 Å². The van der Waals surface area contributed by atoms with Gasteiger partial charge in [-0.2, -0.15) is 0 Å². The first kappa shape index (κ1) is 13.4. The van der Waals surface area contributed by atoms with Crippen molar-refractivity contribution in [3.63, 3.8) is 0 Å². The van der Waals surface area contributed by atoms with Crippen molar-refractivity contribution in [1.82, 2.24) is 5.32 Å². The molecule has 5 N–H and O–H groups in total. The highest BCUT2D eigenvalue weighted by molar-refractivity contribution is 4.44. The highest BCUT2D eigenvalue weighted by Gasteiger charge is 1.86. The molecule has 4 nitrogen and oxygen atoms in total. The maximum absolute atomic E-state index is 8.49. The third-order valence-corrected chi connectivity index (χ3v) is 0.918. The molecule has 0 spiro atoms. The highest BCUT2D eigenvalue weighted by atomic mass is 16.3. The summed E-state index contributed by atoms with van der Waals surface area (Å²) < 4.78 is 0. The van der Waals surface area contributed by atoms with Crippen LogP contribution in [0.25, 0.3) is 0 Å². The summed E-state index contributed by atoms with van der Waals surface area (Å²) in [4.78, 5) is 0. The summed E-state index contributed by atoms with van der Waals surface area (Å²) in [6.07, 6.45) is -0.190. The molecule has 0 aliphatic rings. The zero-order valence-electron chi connectivity index (χ0n) is 7.54. The van der Waals surface area contributed by atoms with Crippen LogP contribution in [0.1, 0.15) is 20.3 Å². The van der Waals surface area contributed by atoms with Gasteiger partial charge in [-0.3, -0.25) is 0 Å². The summed E-state index contributed by atoms with van der Waals surface area (Å²) in [6, 6.07) is 0. The largest absolute Gasteiger partial charge is 0.392 e. The lowest BCUT2D eigenvalue weighted by Crippen LogP contribution is -2.19. The van der Waals surface area contributed by atoms with Crippen LogP contribution < -0.4 is 11.1 Å². The van der Waals surface area contributed by atoms with E-state index in [1.807, 2.05) is 14.0 Å². The molecule has 0 aliphatic heterocycles. The number of hydrogen-bond donors (Lipinski definition) is 4. The second-order valence-electron chi connectivity index (χ2n) is 2.38. The fraction of sp³-hybridized carbons (Fsp3) is 1.00. The topological polar surface area (TPSA) is 78.5 Å². The second-order valence-corrected chi connectivity index (χ2v) is 2.38. The molecule has 70 valence electrons. The van der Waals surface area contributed by atoms with E-state index in [-0.39, 0.29) is 6.10 Å². The summed E-state index contributed by atoms with van der Waals surface area (Å²) in [5.74, 6) is 0. The molecule has 2 atom stereocenters. The number of likely N-dealkylation sites (N-methyl/N-ethyl adjacent to an activating group) is 1. The van der Waals surface area contributed by atoms with E-state index in [1.54, 1.807) is 6.92 Å². The maximum Gasteiger partial charge on any atom is 0.102 e. The first-order valence-corrected chi connectivity index (χ1v) is 3.80. The van der Waals surface area contributed by atoms with E-state index < -0.39 is 6.23 Å². The van der Waals surface area contributed by atoms with E-state index in [0.29, 0.717) is 13.0 Å². The van der Waals surface area contributed by atoms with Crippen molar-refractivity contribution in [2.75, 3.05) is 13.6 Å². The van der Waals surface area contributed by atoms with Crippen molar-refractivity contribution in [2.45, 2.75) is 32.6 Å². The van der Waals surface area contributed by atoms with Gasteiger partial charge >= 0.3 is 0 Å². The predicted octanol–water partition coefficient (Wildman–Crippen LogP) is -0.740. The maximum atomic E-state index is 8.49. The quantitative estimate of drug-likeness (QED) is 0.414. The minimum Gasteiger partial charge on any atom is -0.392 e. The minimum absolute atomic E-state index is 0.213. The van der Waals surface area contributed by atoms with Crippen molar-refractivity contribution in [3.8, 4) is 0 Å². The molecule has 0 bridgehead atoms. The number of rotatable bonds is 3. The Morgan fingerprint density at radius 3 is 1.82 bits per heavy atom. The van der Waals surface area contributed by atoms with Crippen LogP contribution >= 0.6 is 0 Å². The van der Waals surface area contributed by atoms with Crippen LogP contribution in [0.4, 0.5) is 0 Å². The Bertz CT molecular complexity index is 67.5.